The zero-order chi connectivity index (χ0) is 12.4. The Morgan fingerprint density at radius 1 is 1.53 bits per heavy atom. The minimum Gasteiger partial charge on any atom is -0.478 e. The molecule has 2 rings (SSSR count). The van der Waals surface area contributed by atoms with E-state index in [9.17, 15) is 4.79 Å². The lowest BCUT2D eigenvalue weighted by Gasteiger charge is -2.06. The van der Waals surface area contributed by atoms with Crippen molar-refractivity contribution in [2.24, 2.45) is 0 Å². The average Bonchev–Trinajstić information content (AvgIpc) is 2.66. The lowest BCUT2D eigenvalue weighted by atomic mass is 10.2. The average molecular weight is 269 g/mol. The molecule has 0 fully saturated rings. The van der Waals surface area contributed by atoms with Crippen LogP contribution in [0.25, 0.3) is 0 Å². The summed E-state index contributed by atoms with van der Waals surface area (Å²) in [7, 11) is 0. The lowest BCUT2D eigenvalue weighted by molar-refractivity contribution is 0.0698. The van der Waals surface area contributed by atoms with Crippen LogP contribution in [-0.2, 0) is 0 Å². The number of carbonyl (C=O) groups is 1. The monoisotopic (exact) mass is 268 g/mol. The van der Waals surface area contributed by atoms with Crippen LogP contribution in [0.2, 0.25) is 5.02 Å². The van der Waals surface area contributed by atoms with Gasteiger partial charge in [-0.25, -0.2) is 9.78 Å². The molecule has 0 aliphatic heterocycles. The van der Waals surface area contributed by atoms with Crippen molar-refractivity contribution in [3.8, 4) is 0 Å². The van der Waals surface area contributed by atoms with Gasteiger partial charge in [0.25, 0.3) is 0 Å². The van der Waals surface area contributed by atoms with E-state index in [1.165, 1.54) is 17.4 Å². The number of aryl methyl sites for hydroxylation is 1. The molecule has 1 aromatic carbocycles. The van der Waals surface area contributed by atoms with E-state index in [1.807, 2.05) is 12.3 Å². The van der Waals surface area contributed by atoms with Crippen molar-refractivity contribution in [2.75, 3.05) is 5.32 Å². The van der Waals surface area contributed by atoms with Crippen LogP contribution in [-0.4, -0.2) is 16.1 Å². The van der Waals surface area contributed by atoms with Crippen molar-refractivity contribution >= 4 is 39.7 Å². The van der Waals surface area contributed by atoms with Gasteiger partial charge in [-0.05, 0) is 25.1 Å². The summed E-state index contributed by atoms with van der Waals surface area (Å²) in [6.45, 7) is 1.88. The molecule has 2 N–H and O–H groups in total. The molecule has 1 heterocycles. The Hall–Kier alpha value is -1.59. The molecule has 0 saturated carbocycles. The van der Waals surface area contributed by atoms with Crippen molar-refractivity contribution < 1.29 is 9.90 Å². The number of nitrogens with one attached hydrogen (secondary N) is 1. The van der Waals surface area contributed by atoms with Crippen LogP contribution < -0.4 is 5.32 Å². The molecular weight excluding hydrogens is 260 g/mol. The van der Waals surface area contributed by atoms with E-state index in [4.69, 9.17) is 16.7 Å². The van der Waals surface area contributed by atoms with Crippen molar-refractivity contribution in [3.63, 3.8) is 0 Å². The fourth-order valence-electron chi connectivity index (χ4n) is 1.33. The van der Waals surface area contributed by atoms with Crippen molar-refractivity contribution in [1.29, 1.82) is 0 Å². The summed E-state index contributed by atoms with van der Waals surface area (Å²) in [5.41, 5.74) is 1.50. The van der Waals surface area contributed by atoms with E-state index in [2.05, 4.69) is 10.3 Å². The molecule has 0 aliphatic rings. The molecule has 4 nitrogen and oxygen atoms in total. The molecule has 6 heteroatoms. The first-order valence-electron chi connectivity index (χ1n) is 4.78. The highest BCUT2D eigenvalue weighted by Gasteiger charge is 2.11. The van der Waals surface area contributed by atoms with Gasteiger partial charge in [0.2, 0.25) is 0 Å². The van der Waals surface area contributed by atoms with Gasteiger partial charge in [0.1, 0.15) is 0 Å². The third-order valence-electron chi connectivity index (χ3n) is 2.07. The van der Waals surface area contributed by atoms with Crippen LogP contribution >= 0.6 is 22.9 Å². The molecule has 0 aliphatic carbocycles. The van der Waals surface area contributed by atoms with E-state index in [0.717, 1.165) is 5.69 Å². The number of hydrogen-bond acceptors (Lipinski definition) is 4. The first-order valence-corrected chi connectivity index (χ1v) is 6.04. The van der Waals surface area contributed by atoms with Gasteiger partial charge in [0.05, 0.1) is 16.9 Å². The highest BCUT2D eigenvalue weighted by molar-refractivity contribution is 7.13. The molecule has 0 radical (unpaired) electrons. The fourth-order valence-corrected chi connectivity index (χ4v) is 2.20. The van der Waals surface area contributed by atoms with E-state index in [0.29, 0.717) is 15.8 Å². The first-order chi connectivity index (χ1) is 8.06. The Kier molecular flexibility index (Phi) is 3.31. The number of thiazole rings is 1. The van der Waals surface area contributed by atoms with Crippen molar-refractivity contribution in [2.45, 2.75) is 6.92 Å². The summed E-state index contributed by atoms with van der Waals surface area (Å²) in [5, 5.41) is 15.0. The zero-order valence-corrected chi connectivity index (χ0v) is 10.5. The highest BCUT2D eigenvalue weighted by atomic mass is 35.5. The molecule has 0 unspecified atom stereocenters. The predicted molar refractivity (Wildman–Crippen MR) is 68.5 cm³/mol. The van der Waals surface area contributed by atoms with E-state index in [-0.39, 0.29) is 5.56 Å². The molecule has 0 saturated heterocycles. The number of hydrogen-bond donors (Lipinski definition) is 2. The maximum Gasteiger partial charge on any atom is 0.337 e. The molecule has 0 bridgehead atoms. The highest BCUT2D eigenvalue weighted by Crippen LogP contribution is 2.26. The third-order valence-corrected chi connectivity index (χ3v) is 3.18. The number of benzene rings is 1. The van der Waals surface area contributed by atoms with E-state index in [1.54, 1.807) is 12.1 Å². The molecule has 2 aromatic rings. The van der Waals surface area contributed by atoms with Crippen molar-refractivity contribution in [1.82, 2.24) is 4.98 Å². The molecule has 88 valence electrons. The quantitative estimate of drug-likeness (QED) is 0.894. The second-order valence-corrected chi connectivity index (χ2v) is 4.71. The number of aromatic carboxylic acids is 1. The van der Waals surface area contributed by atoms with Gasteiger partial charge in [0.15, 0.2) is 5.13 Å². The minimum absolute atomic E-state index is 0.130. The maximum absolute atomic E-state index is 11.1. The van der Waals surface area contributed by atoms with Gasteiger partial charge in [-0.3, -0.25) is 0 Å². The first kappa shape index (κ1) is 11.9. The normalized spacial score (nSPS) is 10.2. The molecule has 0 amide bonds. The van der Waals surface area contributed by atoms with Crippen LogP contribution in [0.3, 0.4) is 0 Å². The Morgan fingerprint density at radius 2 is 2.29 bits per heavy atom. The Bertz CT molecular complexity index is 568. The Balaban J connectivity index is 2.35. The van der Waals surface area contributed by atoms with Gasteiger partial charge in [-0.1, -0.05) is 11.6 Å². The van der Waals surface area contributed by atoms with Crippen molar-refractivity contribution in [3.05, 3.63) is 39.9 Å². The lowest BCUT2D eigenvalue weighted by Crippen LogP contribution is -2.02. The van der Waals surface area contributed by atoms with Gasteiger partial charge in [-0.15, -0.1) is 11.3 Å². The van der Waals surface area contributed by atoms with Crippen LogP contribution in [0.4, 0.5) is 10.8 Å². The molecule has 1 aromatic heterocycles. The summed E-state index contributed by atoms with van der Waals surface area (Å²) >= 11 is 7.18. The van der Waals surface area contributed by atoms with Gasteiger partial charge < -0.3 is 10.4 Å². The number of carboxylic acid groups (broad SMARTS) is 1. The van der Waals surface area contributed by atoms with Crippen LogP contribution in [0, 0.1) is 6.92 Å². The number of anilines is 2. The third kappa shape index (κ3) is 2.75. The molecule has 17 heavy (non-hydrogen) atoms. The summed E-state index contributed by atoms with van der Waals surface area (Å²) in [5.74, 6) is -1.02. The standard InChI is InChI=1S/C11H9ClN2O2S/c1-6-5-17-11(13-6)14-9-3-2-7(12)4-8(9)10(15)16/h2-5H,1H3,(H,13,14)(H,15,16). The number of nitrogens with zero attached hydrogens (tertiary/aromatic N) is 1. The molecule has 0 atom stereocenters. The Morgan fingerprint density at radius 3 is 2.88 bits per heavy atom. The summed E-state index contributed by atoms with van der Waals surface area (Å²) < 4.78 is 0. The maximum atomic E-state index is 11.1. The minimum atomic E-state index is -1.02. The summed E-state index contributed by atoms with van der Waals surface area (Å²) in [4.78, 5) is 15.3. The second-order valence-electron chi connectivity index (χ2n) is 3.41. The number of aromatic nitrogens is 1. The smallest absolute Gasteiger partial charge is 0.337 e. The zero-order valence-electron chi connectivity index (χ0n) is 8.90. The van der Waals surface area contributed by atoms with Crippen LogP contribution in [0.1, 0.15) is 16.1 Å². The summed E-state index contributed by atoms with van der Waals surface area (Å²) in [6, 6.07) is 4.67. The largest absolute Gasteiger partial charge is 0.478 e. The van der Waals surface area contributed by atoms with Gasteiger partial charge >= 0.3 is 5.97 Å². The van der Waals surface area contributed by atoms with E-state index >= 15 is 0 Å². The summed E-state index contributed by atoms with van der Waals surface area (Å²) in [6.07, 6.45) is 0. The SMILES string of the molecule is Cc1csc(Nc2ccc(Cl)cc2C(=O)O)n1. The van der Waals surface area contributed by atoms with E-state index < -0.39 is 5.97 Å². The van der Waals surface area contributed by atoms with Crippen LogP contribution in [0.15, 0.2) is 23.6 Å². The van der Waals surface area contributed by atoms with Crippen LogP contribution in [0.5, 0.6) is 0 Å². The fraction of sp³-hybridized carbons (Fsp3) is 0.0909. The number of carboxylic acids is 1. The predicted octanol–water partition coefficient (Wildman–Crippen LogP) is 3.55. The Labute approximate surface area is 107 Å². The van der Waals surface area contributed by atoms with Gasteiger partial charge in [-0.2, -0.15) is 0 Å². The second kappa shape index (κ2) is 4.73. The van der Waals surface area contributed by atoms with Gasteiger partial charge in [0, 0.05) is 10.4 Å². The molecular formula is C11H9ClN2O2S. The number of rotatable bonds is 3. The topological polar surface area (TPSA) is 62.2 Å². The molecule has 0 spiro atoms. The number of halogens is 1.